The van der Waals surface area contributed by atoms with Crippen molar-refractivity contribution in [3.63, 3.8) is 0 Å². The topological polar surface area (TPSA) is 29.5 Å². The van der Waals surface area contributed by atoms with Crippen LogP contribution >= 0.6 is 0 Å². The Morgan fingerprint density at radius 3 is 2.37 bits per heavy atom. The minimum Gasteiger partial charge on any atom is -0.275 e. The Bertz CT molecular complexity index is 470. The molecule has 1 aromatic carbocycles. The normalized spacial score (nSPS) is 22.2. The Kier molecular flexibility index (Phi) is 3.54. The molecule has 104 valence electrons. The zero-order chi connectivity index (χ0) is 14.2. The molecule has 0 aromatic heterocycles. The highest BCUT2D eigenvalue weighted by Crippen LogP contribution is 2.48. The van der Waals surface area contributed by atoms with Crippen molar-refractivity contribution in [2.45, 2.75) is 18.5 Å². The van der Waals surface area contributed by atoms with E-state index in [4.69, 9.17) is 4.84 Å². The van der Waals surface area contributed by atoms with E-state index in [1.54, 1.807) is 0 Å². The van der Waals surface area contributed by atoms with Gasteiger partial charge in [-0.2, -0.15) is 13.2 Å². The van der Waals surface area contributed by atoms with E-state index in [1.807, 2.05) is 0 Å². The monoisotopic (exact) mass is 273 g/mol. The number of carbonyl (C=O) groups is 1. The molecule has 2 atom stereocenters. The van der Waals surface area contributed by atoms with Crippen LogP contribution in [0.4, 0.5) is 13.2 Å². The largest absolute Gasteiger partial charge is 0.416 e. The van der Waals surface area contributed by atoms with E-state index in [1.165, 1.54) is 26.3 Å². The van der Waals surface area contributed by atoms with Crippen molar-refractivity contribution in [1.29, 1.82) is 0 Å². The third-order valence-corrected chi connectivity index (χ3v) is 3.36. The molecule has 19 heavy (non-hydrogen) atoms. The number of rotatable bonds is 3. The third kappa shape index (κ3) is 2.89. The third-order valence-electron chi connectivity index (χ3n) is 3.36. The second-order valence-corrected chi connectivity index (χ2v) is 4.59. The lowest BCUT2D eigenvalue weighted by Crippen LogP contribution is -2.27. The Morgan fingerprint density at radius 2 is 1.89 bits per heavy atom. The van der Waals surface area contributed by atoms with E-state index >= 15 is 0 Å². The molecule has 0 aliphatic heterocycles. The molecule has 0 N–H and O–H groups in total. The Balaban J connectivity index is 2.04. The smallest absolute Gasteiger partial charge is 0.275 e. The molecule has 6 heteroatoms. The predicted octanol–water partition coefficient (Wildman–Crippen LogP) is 2.83. The second-order valence-electron chi connectivity index (χ2n) is 4.59. The molecule has 3 nitrogen and oxygen atoms in total. The average Bonchev–Trinajstić information content (AvgIpc) is 3.16. The zero-order valence-electron chi connectivity index (χ0n) is 10.6. The van der Waals surface area contributed by atoms with Gasteiger partial charge in [-0.1, -0.05) is 12.1 Å². The number of amides is 1. The molecule has 1 amide bonds. The van der Waals surface area contributed by atoms with E-state index in [0.717, 1.165) is 22.8 Å². The number of hydrogen-bond donors (Lipinski definition) is 0. The predicted molar refractivity (Wildman–Crippen MR) is 62.1 cm³/mol. The Labute approximate surface area is 108 Å². The number of hydroxylamine groups is 2. The van der Waals surface area contributed by atoms with Crippen molar-refractivity contribution in [2.75, 3.05) is 14.2 Å². The van der Waals surface area contributed by atoms with Crippen molar-refractivity contribution in [3.8, 4) is 0 Å². The maximum Gasteiger partial charge on any atom is 0.416 e. The number of alkyl halides is 3. The molecule has 1 aromatic rings. The second kappa shape index (κ2) is 4.85. The molecular weight excluding hydrogens is 259 g/mol. The van der Waals surface area contributed by atoms with Gasteiger partial charge in [-0.3, -0.25) is 9.63 Å². The molecule has 0 spiro atoms. The highest BCUT2D eigenvalue weighted by atomic mass is 19.4. The van der Waals surface area contributed by atoms with E-state index in [9.17, 15) is 18.0 Å². The van der Waals surface area contributed by atoms with Crippen molar-refractivity contribution in [2.24, 2.45) is 5.92 Å². The fourth-order valence-corrected chi connectivity index (χ4v) is 2.08. The summed E-state index contributed by atoms with van der Waals surface area (Å²) in [6.45, 7) is 0. The molecular formula is C13H14F3NO2. The molecule has 0 radical (unpaired) electrons. The van der Waals surface area contributed by atoms with Gasteiger partial charge in [-0.25, -0.2) is 5.06 Å². The molecule has 2 rings (SSSR count). The maximum absolute atomic E-state index is 12.4. The molecule has 1 aliphatic carbocycles. The summed E-state index contributed by atoms with van der Waals surface area (Å²) >= 11 is 0. The van der Waals surface area contributed by atoms with E-state index in [-0.39, 0.29) is 17.7 Å². The summed E-state index contributed by atoms with van der Waals surface area (Å²) in [6.07, 6.45) is -3.68. The number of carbonyl (C=O) groups excluding carboxylic acids is 1. The summed E-state index contributed by atoms with van der Waals surface area (Å²) in [5.41, 5.74) is 0.0876. The van der Waals surface area contributed by atoms with Crippen LogP contribution in [0.25, 0.3) is 0 Å². The van der Waals surface area contributed by atoms with Crippen molar-refractivity contribution in [3.05, 3.63) is 35.4 Å². The van der Waals surface area contributed by atoms with Crippen LogP contribution in [0.1, 0.15) is 23.5 Å². The number of halogens is 3. The first-order valence-corrected chi connectivity index (χ1v) is 5.83. The fourth-order valence-electron chi connectivity index (χ4n) is 2.08. The summed E-state index contributed by atoms with van der Waals surface area (Å²) in [4.78, 5) is 16.6. The molecule has 1 saturated carbocycles. The van der Waals surface area contributed by atoms with Crippen LogP contribution in [0, 0.1) is 5.92 Å². The number of hydrogen-bond acceptors (Lipinski definition) is 2. The minimum atomic E-state index is -4.33. The Morgan fingerprint density at radius 1 is 1.32 bits per heavy atom. The van der Waals surface area contributed by atoms with Gasteiger partial charge in [0.05, 0.1) is 12.7 Å². The van der Waals surface area contributed by atoms with Gasteiger partial charge in [0.2, 0.25) is 5.91 Å². The van der Waals surface area contributed by atoms with Gasteiger partial charge >= 0.3 is 6.18 Å². The number of benzene rings is 1. The summed E-state index contributed by atoms with van der Waals surface area (Å²) in [5, 5.41) is 1.15. The van der Waals surface area contributed by atoms with Crippen LogP contribution in [0.3, 0.4) is 0 Å². The van der Waals surface area contributed by atoms with Crippen molar-refractivity contribution >= 4 is 5.91 Å². The Hall–Kier alpha value is -1.56. The zero-order valence-corrected chi connectivity index (χ0v) is 10.6. The molecule has 0 heterocycles. The number of nitrogens with zero attached hydrogens (tertiary/aromatic N) is 1. The standard InChI is InChI=1S/C13H14F3NO2/c1-17(19-2)12(18)11-7-10(11)8-3-5-9(6-4-8)13(14,15)16/h3-6,10-11H,7H2,1-2H3/t10-,11+/m1/s1. The molecule has 1 fully saturated rings. The summed E-state index contributed by atoms with van der Waals surface area (Å²) < 4.78 is 37.2. The first-order valence-electron chi connectivity index (χ1n) is 5.83. The molecule has 1 aliphatic rings. The molecule has 0 bridgehead atoms. The van der Waals surface area contributed by atoms with Gasteiger partial charge in [0.25, 0.3) is 0 Å². The van der Waals surface area contributed by atoms with Gasteiger partial charge in [-0.05, 0) is 30.0 Å². The first kappa shape index (κ1) is 13.9. The molecule has 0 unspecified atom stereocenters. The average molecular weight is 273 g/mol. The van der Waals surface area contributed by atoms with E-state index in [2.05, 4.69) is 0 Å². The van der Waals surface area contributed by atoms with Gasteiger partial charge in [0, 0.05) is 13.0 Å². The maximum atomic E-state index is 12.4. The highest BCUT2D eigenvalue weighted by molar-refractivity contribution is 5.81. The van der Waals surface area contributed by atoms with Crippen LogP contribution in [0.2, 0.25) is 0 Å². The van der Waals surface area contributed by atoms with Gasteiger partial charge in [-0.15, -0.1) is 0 Å². The van der Waals surface area contributed by atoms with Crippen LogP contribution in [-0.4, -0.2) is 25.1 Å². The lowest BCUT2D eigenvalue weighted by Gasteiger charge is -2.13. The lowest BCUT2D eigenvalue weighted by atomic mass is 10.1. The SMILES string of the molecule is CON(C)C(=O)[C@H]1C[C@@H]1c1ccc(C(F)(F)F)cc1. The van der Waals surface area contributed by atoms with Gasteiger partial charge in [0.15, 0.2) is 0 Å². The summed E-state index contributed by atoms with van der Waals surface area (Å²) in [6, 6.07) is 4.98. The molecule has 0 saturated heterocycles. The summed E-state index contributed by atoms with van der Waals surface area (Å²) in [5.74, 6) is -0.346. The summed E-state index contributed by atoms with van der Waals surface area (Å²) in [7, 11) is 2.91. The van der Waals surface area contributed by atoms with Gasteiger partial charge in [0.1, 0.15) is 0 Å². The van der Waals surface area contributed by atoms with Crippen molar-refractivity contribution in [1.82, 2.24) is 5.06 Å². The van der Waals surface area contributed by atoms with E-state index in [0.29, 0.717) is 6.42 Å². The van der Waals surface area contributed by atoms with Crippen LogP contribution in [-0.2, 0) is 15.8 Å². The van der Waals surface area contributed by atoms with Gasteiger partial charge < -0.3 is 0 Å². The van der Waals surface area contributed by atoms with Crippen LogP contribution in [0.15, 0.2) is 24.3 Å². The highest BCUT2D eigenvalue weighted by Gasteiger charge is 2.45. The van der Waals surface area contributed by atoms with Crippen LogP contribution < -0.4 is 0 Å². The lowest BCUT2D eigenvalue weighted by molar-refractivity contribution is -0.170. The fraction of sp³-hybridized carbons (Fsp3) is 0.462. The van der Waals surface area contributed by atoms with E-state index < -0.39 is 11.7 Å². The minimum absolute atomic E-state index is 0.00705. The van der Waals surface area contributed by atoms with Crippen molar-refractivity contribution < 1.29 is 22.8 Å². The quantitative estimate of drug-likeness (QED) is 0.792. The van der Waals surface area contributed by atoms with Crippen LogP contribution in [0.5, 0.6) is 0 Å². The first-order chi connectivity index (χ1) is 8.84.